The molecular weight excluding hydrogens is 310 g/mol. The van der Waals surface area contributed by atoms with Gasteiger partial charge < -0.3 is 4.74 Å². The maximum absolute atomic E-state index is 12.1. The third-order valence-electron chi connectivity index (χ3n) is 2.76. The van der Waals surface area contributed by atoms with Crippen LogP contribution in [0.15, 0.2) is 53.4 Å². The van der Waals surface area contributed by atoms with Gasteiger partial charge in [0.05, 0.1) is 22.3 Å². The number of benzene rings is 2. The summed E-state index contributed by atoms with van der Waals surface area (Å²) in [4.78, 5) is 0.210. The van der Waals surface area contributed by atoms with Gasteiger partial charge in [0.25, 0.3) is 0 Å². The molecule has 0 N–H and O–H groups in total. The van der Waals surface area contributed by atoms with Crippen molar-refractivity contribution < 1.29 is 13.2 Å². The average molecular weight is 322 g/mol. The molecule has 0 saturated carbocycles. The van der Waals surface area contributed by atoms with Crippen LogP contribution in [0, 0.1) is 11.3 Å². The number of nitrogens with zero attached hydrogens (tertiary/aromatic N) is 1. The maximum atomic E-state index is 12.1. The van der Waals surface area contributed by atoms with Crippen molar-refractivity contribution >= 4 is 21.4 Å². The van der Waals surface area contributed by atoms with E-state index in [-0.39, 0.29) is 17.3 Å². The van der Waals surface area contributed by atoms with Gasteiger partial charge in [-0.2, -0.15) is 5.26 Å². The lowest BCUT2D eigenvalue weighted by Crippen LogP contribution is -2.14. The van der Waals surface area contributed by atoms with E-state index in [2.05, 4.69) is 0 Å². The fourth-order valence-electron chi connectivity index (χ4n) is 1.68. The number of sulfone groups is 1. The molecule has 0 saturated heterocycles. The van der Waals surface area contributed by atoms with E-state index in [9.17, 15) is 8.42 Å². The number of ether oxygens (including phenoxy) is 1. The summed E-state index contributed by atoms with van der Waals surface area (Å²) in [5.74, 6) is 0.325. The quantitative estimate of drug-likeness (QED) is 0.848. The first-order valence-corrected chi connectivity index (χ1v) is 8.15. The molecule has 2 aromatic rings. The Kier molecular flexibility index (Phi) is 4.84. The molecule has 108 valence electrons. The molecule has 0 amide bonds. The highest BCUT2D eigenvalue weighted by Crippen LogP contribution is 2.16. The summed E-state index contributed by atoms with van der Waals surface area (Å²) in [7, 11) is -3.41. The summed E-state index contributed by atoms with van der Waals surface area (Å²) >= 11 is 5.73. The number of rotatable bonds is 5. The van der Waals surface area contributed by atoms with Crippen molar-refractivity contribution in [2.75, 3.05) is 12.4 Å². The zero-order valence-corrected chi connectivity index (χ0v) is 12.6. The van der Waals surface area contributed by atoms with E-state index in [1.54, 1.807) is 24.3 Å². The van der Waals surface area contributed by atoms with Crippen LogP contribution in [0.25, 0.3) is 0 Å². The van der Waals surface area contributed by atoms with Crippen molar-refractivity contribution in [3.8, 4) is 11.8 Å². The van der Waals surface area contributed by atoms with Crippen LogP contribution in [-0.2, 0) is 9.84 Å². The van der Waals surface area contributed by atoms with Gasteiger partial charge in [0.2, 0.25) is 0 Å². The minimum Gasteiger partial charge on any atom is -0.492 e. The van der Waals surface area contributed by atoms with E-state index in [1.165, 1.54) is 24.3 Å². The Hall–Kier alpha value is -2.03. The topological polar surface area (TPSA) is 67.2 Å². The van der Waals surface area contributed by atoms with Gasteiger partial charge in [-0.05, 0) is 42.5 Å². The number of hydrogen-bond acceptors (Lipinski definition) is 4. The third-order valence-corrected chi connectivity index (χ3v) is 4.70. The molecule has 0 bridgehead atoms. The SMILES string of the molecule is N#Cc1cccc(OCCS(=O)(=O)c2ccc(Cl)cc2)c1. The highest BCUT2D eigenvalue weighted by molar-refractivity contribution is 7.91. The van der Waals surface area contributed by atoms with Crippen LogP contribution < -0.4 is 4.74 Å². The molecule has 0 spiro atoms. The van der Waals surface area contributed by atoms with Crippen molar-refractivity contribution in [3.05, 3.63) is 59.1 Å². The van der Waals surface area contributed by atoms with Crippen LogP contribution in [0.3, 0.4) is 0 Å². The van der Waals surface area contributed by atoms with Gasteiger partial charge in [0.1, 0.15) is 12.4 Å². The van der Waals surface area contributed by atoms with Gasteiger partial charge in [0.15, 0.2) is 9.84 Å². The standard InChI is InChI=1S/C15H12ClNO3S/c16-13-4-6-15(7-5-13)21(18,19)9-8-20-14-3-1-2-12(10-14)11-17/h1-7,10H,8-9H2. The van der Waals surface area contributed by atoms with Gasteiger partial charge in [-0.25, -0.2) is 8.42 Å². The fourth-order valence-corrected chi connectivity index (χ4v) is 2.90. The predicted molar refractivity (Wildman–Crippen MR) is 80.2 cm³/mol. The van der Waals surface area contributed by atoms with Gasteiger partial charge in [-0.3, -0.25) is 0 Å². The summed E-state index contributed by atoms with van der Waals surface area (Å²) in [5, 5.41) is 9.26. The molecule has 0 unspecified atom stereocenters. The Labute approximate surface area is 128 Å². The van der Waals surface area contributed by atoms with Crippen molar-refractivity contribution in [2.24, 2.45) is 0 Å². The molecule has 0 aromatic heterocycles. The van der Waals surface area contributed by atoms with Crippen LogP contribution in [0.2, 0.25) is 5.02 Å². The van der Waals surface area contributed by atoms with Crippen LogP contribution in [0.5, 0.6) is 5.75 Å². The number of halogens is 1. The second-order valence-electron chi connectivity index (χ2n) is 4.26. The second kappa shape index (κ2) is 6.61. The van der Waals surface area contributed by atoms with Crippen LogP contribution in [0.1, 0.15) is 5.56 Å². The van der Waals surface area contributed by atoms with Gasteiger partial charge in [-0.1, -0.05) is 17.7 Å². The minimum absolute atomic E-state index is 0.0137. The van der Waals surface area contributed by atoms with Crippen molar-refractivity contribution in [1.82, 2.24) is 0 Å². The first-order chi connectivity index (χ1) is 10.0. The van der Waals surface area contributed by atoms with E-state index in [0.717, 1.165) is 0 Å². The summed E-state index contributed by atoms with van der Waals surface area (Å²) < 4.78 is 29.5. The Morgan fingerprint density at radius 3 is 2.52 bits per heavy atom. The van der Waals surface area contributed by atoms with E-state index in [0.29, 0.717) is 16.3 Å². The number of nitriles is 1. The van der Waals surface area contributed by atoms with Gasteiger partial charge in [-0.15, -0.1) is 0 Å². The zero-order valence-electron chi connectivity index (χ0n) is 11.0. The van der Waals surface area contributed by atoms with E-state index >= 15 is 0 Å². The second-order valence-corrected chi connectivity index (χ2v) is 6.81. The van der Waals surface area contributed by atoms with Gasteiger partial charge >= 0.3 is 0 Å². The first kappa shape index (κ1) is 15.4. The Morgan fingerprint density at radius 2 is 1.86 bits per heavy atom. The van der Waals surface area contributed by atoms with Crippen LogP contribution in [0.4, 0.5) is 0 Å². The molecule has 0 aliphatic heterocycles. The summed E-state index contributed by atoms with van der Waals surface area (Å²) in [5.41, 5.74) is 0.466. The fraction of sp³-hybridized carbons (Fsp3) is 0.133. The smallest absolute Gasteiger partial charge is 0.181 e. The zero-order chi connectivity index (χ0) is 15.3. The summed E-state index contributed by atoms with van der Waals surface area (Å²) in [6, 6.07) is 14.6. The molecule has 0 radical (unpaired) electrons. The summed E-state index contributed by atoms with van der Waals surface area (Å²) in [6.07, 6.45) is 0. The molecule has 2 rings (SSSR count). The lowest BCUT2D eigenvalue weighted by molar-refractivity contribution is 0.341. The Balaban J connectivity index is 1.99. The Morgan fingerprint density at radius 1 is 1.14 bits per heavy atom. The number of hydrogen-bond donors (Lipinski definition) is 0. The normalized spacial score (nSPS) is 10.9. The maximum Gasteiger partial charge on any atom is 0.181 e. The Bertz CT molecular complexity index is 764. The molecule has 6 heteroatoms. The van der Waals surface area contributed by atoms with E-state index in [1.807, 2.05) is 6.07 Å². The largest absolute Gasteiger partial charge is 0.492 e. The molecular formula is C15H12ClNO3S. The summed E-state index contributed by atoms with van der Waals surface area (Å²) in [6.45, 7) is 0.0137. The first-order valence-electron chi connectivity index (χ1n) is 6.12. The monoisotopic (exact) mass is 321 g/mol. The molecule has 0 aliphatic carbocycles. The lowest BCUT2D eigenvalue weighted by Gasteiger charge is -2.07. The van der Waals surface area contributed by atoms with Crippen LogP contribution >= 0.6 is 11.6 Å². The molecule has 2 aromatic carbocycles. The van der Waals surface area contributed by atoms with Crippen molar-refractivity contribution in [3.63, 3.8) is 0 Å². The van der Waals surface area contributed by atoms with Gasteiger partial charge in [0, 0.05) is 5.02 Å². The third kappa shape index (κ3) is 4.22. The van der Waals surface area contributed by atoms with Crippen molar-refractivity contribution in [2.45, 2.75) is 4.90 Å². The van der Waals surface area contributed by atoms with Crippen molar-refractivity contribution in [1.29, 1.82) is 5.26 Å². The van der Waals surface area contributed by atoms with E-state index < -0.39 is 9.84 Å². The molecule has 0 aliphatic rings. The van der Waals surface area contributed by atoms with Crippen LogP contribution in [-0.4, -0.2) is 20.8 Å². The highest BCUT2D eigenvalue weighted by Gasteiger charge is 2.14. The lowest BCUT2D eigenvalue weighted by atomic mass is 10.2. The molecule has 0 fully saturated rings. The molecule has 0 heterocycles. The van der Waals surface area contributed by atoms with E-state index in [4.69, 9.17) is 21.6 Å². The minimum atomic E-state index is -3.41. The highest BCUT2D eigenvalue weighted by atomic mass is 35.5. The average Bonchev–Trinajstić information content (AvgIpc) is 2.48. The predicted octanol–water partition coefficient (Wildman–Crippen LogP) is 3.06. The molecule has 0 atom stereocenters. The molecule has 21 heavy (non-hydrogen) atoms. The molecule has 4 nitrogen and oxygen atoms in total.